The predicted molar refractivity (Wildman–Crippen MR) is 114 cm³/mol. The molecule has 4 rings (SSSR count). The molecule has 8 heteroatoms. The highest BCUT2D eigenvalue weighted by Gasteiger charge is 2.27. The maximum atomic E-state index is 12.4. The number of aromatic nitrogens is 3. The molecule has 0 saturated heterocycles. The fraction of sp³-hybridized carbons (Fsp3) is 0.174. The molecule has 0 bridgehead atoms. The lowest BCUT2D eigenvalue weighted by Crippen LogP contribution is -2.08. The van der Waals surface area contributed by atoms with Crippen molar-refractivity contribution in [3.63, 3.8) is 0 Å². The van der Waals surface area contributed by atoms with Crippen LogP contribution in [-0.2, 0) is 4.74 Å². The molecule has 158 valence electrons. The van der Waals surface area contributed by atoms with Crippen LogP contribution in [0, 0.1) is 6.92 Å². The number of esters is 1. The molecule has 0 saturated carbocycles. The zero-order valence-corrected chi connectivity index (χ0v) is 17.6. The summed E-state index contributed by atoms with van der Waals surface area (Å²) in [4.78, 5) is 12.4. The van der Waals surface area contributed by atoms with Crippen molar-refractivity contribution in [2.45, 2.75) is 6.92 Å². The van der Waals surface area contributed by atoms with E-state index in [0.29, 0.717) is 45.7 Å². The monoisotopic (exact) mass is 419 g/mol. The van der Waals surface area contributed by atoms with Crippen LogP contribution in [0.15, 0.2) is 59.0 Å². The predicted octanol–water partition coefficient (Wildman–Crippen LogP) is 4.31. The molecule has 31 heavy (non-hydrogen) atoms. The van der Waals surface area contributed by atoms with Crippen LogP contribution in [0.3, 0.4) is 0 Å². The van der Waals surface area contributed by atoms with E-state index in [9.17, 15) is 4.79 Å². The number of methoxy groups -OCH3 is 3. The number of furan rings is 1. The minimum Gasteiger partial charge on any atom is -0.494 e. The highest BCUT2D eigenvalue weighted by molar-refractivity contribution is 5.96. The highest BCUT2D eigenvalue weighted by Crippen LogP contribution is 2.39. The molecule has 0 amide bonds. The van der Waals surface area contributed by atoms with E-state index < -0.39 is 5.97 Å². The van der Waals surface area contributed by atoms with E-state index >= 15 is 0 Å². The van der Waals surface area contributed by atoms with Crippen molar-refractivity contribution < 1.29 is 23.4 Å². The van der Waals surface area contributed by atoms with Gasteiger partial charge in [-0.05, 0) is 37.3 Å². The second-order valence-electron chi connectivity index (χ2n) is 6.64. The van der Waals surface area contributed by atoms with Crippen molar-refractivity contribution in [1.29, 1.82) is 0 Å². The van der Waals surface area contributed by atoms with Crippen LogP contribution in [0.5, 0.6) is 11.5 Å². The number of carbonyl (C=O) groups excluding carboxylic acids is 1. The van der Waals surface area contributed by atoms with Gasteiger partial charge in [-0.3, -0.25) is 4.57 Å². The van der Waals surface area contributed by atoms with E-state index in [4.69, 9.17) is 18.6 Å². The number of ether oxygens (including phenoxy) is 3. The van der Waals surface area contributed by atoms with Crippen molar-refractivity contribution >= 4 is 5.97 Å². The minimum atomic E-state index is -0.479. The molecule has 0 fully saturated rings. The Morgan fingerprint density at radius 2 is 1.55 bits per heavy atom. The number of hydrogen-bond donors (Lipinski definition) is 0. The van der Waals surface area contributed by atoms with Gasteiger partial charge in [-0.2, -0.15) is 0 Å². The molecule has 0 N–H and O–H groups in total. The Labute approximate surface area is 179 Å². The van der Waals surface area contributed by atoms with Crippen LogP contribution < -0.4 is 9.47 Å². The lowest BCUT2D eigenvalue weighted by molar-refractivity contribution is 0.0601. The van der Waals surface area contributed by atoms with Gasteiger partial charge < -0.3 is 18.6 Å². The fourth-order valence-electron chi connectivity index (χ4n) is 3.40. The Morgan fingerprint density at radius 1 is 0.871 bits per heavy atom. The van der Waals surface area contributed by atoms with Crippen molar-refractivity contribution in [3.05, 3.63) is 65.9 Å². The summed E-state index contributed by atoms with van der Waals surface area (Å²) in [5.41, 5.74) is 1.48. The number of carbonyl (C=O) groups is 1. The summed E-state index contributed by atoms with van der Waals surface area (Å²) in [6.07, 6.45) is 0. The topological polar surface area (TPSA) is 88.6 Å². The molecular weight excluding hydrogens is 398 g/mol. The Bertz CT molecular complexity index is 1220. The first kappa shape index (κ1) is 20.2. The van der Waals surface area contributed by atoms with E-state index in [-0.39, 0.29) is 0 Å². The number of hydrogen-bond acceptors (Lipinski definition) is 7. The molecule has 2 heterocycles. The van der Waals surface area contributed by atoms with Gasteiger partial charge in [0, 0.05) is 5.56 Å². The number of para-hydroxylation sites is 1. The summed E-state index contributed by atoms with van der Waals surface area (Å²) in [7, 11) is 4.48. The second kappa shape index (κ2) is 8.35. The van der Waals surface area contributed by atoms with Crippen LogP contribution in [0.1, 0.15) is 16.1 Å². The fourth-order valence-corrected chi connectivity index (χ4v) is 3.40. The molecule has 0 aliphatic carbocycles. The van der Waals surface area contributed by atoms with Crippen molar-refractivity contribution in [2.24, 2.45) is 0 Å². The Morgan fingerprint density at radius 3 is 2.16 bits per heavy atom. The highest BCUT2D eigenvalue weighted by atomic mass is 16.5. The number of rotatable bonds is 6. The molecule has 0 spiro atoms. The number of benzene rings is 2. The SMILES string of the molecule is COC(=O)c1ccccc1-c1nnc(-c2ccc(C)o2)n1-c1c(OC)cccc1OC. The first-order valence-corrected chi connectivity index (χ1v) is 9.50. The minimum absolute atomic E-state index is 0.356. The van der Waals surface area contributed by atoms with Crippen LogP contribution in [0.25, 0.3) is 28.7 Å². The van der Waals surface area contributed by atoms with E-state index in [0.717, 1.165) is 5.76 Å². The van der Waals surface area contributed by atoms with Crippen LogP contribution in [0.4, 0.5) is 0 Å². The van der Waals surface area contributed by atoms with Crippen LogP contribution in [-0.4, -0.2) is 42.1 Å². The molecule has 0 unspecified atom stereocenters. The Kier molecular flexibility index (Phi) is 5.44. The zero-order valence-electron chi connectivity index (χ0n) is 17.6. The maximum absolute atomic E-state index is 12.4. The van der Waals surface area contributed by atoms with Gasteiger partial charge in [0.1, 0.15) is 22.9 Å². The molecular formula is C23H21N3O5. The van der Waals surface area contributed by atoms with E-state index in [2.05, 4.69) is 10.2 Å². The first-order chi connectivity index (χ1) is 15.1. The van der Waals surface area contributed by atoms with Gasteiger partial charge in [-0.25, -0.2) is 4.79 Å². The molecule has 0 aliphatic heterocycles. The summed E-state index contributed by atoms with van der Waals surface area (Å²) < 4.78 is 23.8. The smallest absolute Gasteiger partial charge is 0.338 e. The molecule has 0 atom stereocenters. The molecule has 0 radical (unpaired) electrons. The van der Waals surface area contributed by atoms with Gasteiger partial charge in [-0.15, -0.1) is 10.2 Å². The van der Waals surface area contributed by atoms with Gasteiger partial charge in [-0.1, -0.05) is 24.3 Å². The largest absolute Gasteiger partial charge is 0.494 e. The average molecular weight is 419 g/mol. The van der Waals surface area contributed by atoms with E-state index in [1.165, 1.54) is 7.11 Å². The zero-order chi connectivity index (χ0) is 22.0. The number of aryl methyl sites for hydroxylation is 1. The summed E-state index contributed by atoms with van der Waals surface area (Å²) in [6, 6.07) is 16.1. The van der Waals surface area contributed by atoms with E-state index in [1.54, 1.807) is 37.0 Å². The van der Waals surface area contributed by atoms with Crippen LogP contribution >= 0.6 is 0 Å². The van der Waals surface area contributed by atoms with E-state index in [1.807, 2.05) is 43.3 Å². The van der Waals surface area contributed by atoms with Gasteiger partial charge in [0.05, 0.1) is 26.9 Å². The number of nitrogens with zero attached hydrogens (tertiary/aromatic N) is 3. The van der Waals surface area contributed by atoms with Gasteiger partial charge >= 0.3 is 5.97 Å². The van der Waals surface area contributed by atoms with Gasteiger partial charge in [0.15, 0.2) is 11.6 Å². The third-order valence-corrected chi connectivity index (χ3v) is 4.82. The Balaban J connectivity index is 2.08. The molecule has 2 aromatic heterocycles. The van der Waals surface area contributed by atoms with Crippen molar-refractivity contribution in [2.75, 3.05) is 21.3 Å². The standard InChI is InChI=1S/C23H21N3O5/c1-14-12-13-19(31-14)22-25-24-21(15-8-5-6-9-16(15)23(27)30-4)26(22)20-17(28-2)10-7-11-18(20)29-3/h5-13H,1-4H3. The molecule has 0 aliphatic rings. The lowest BCUT2D eigenvalue weighted by atomic mass is 10.1. The lowest BCUT2D eigenvalue weighted by Gasteiger charge is -2.17. The van der Waals surface area contributed by atoms with Gasteiger partial charge in [0.2, 0.25) is 5.82 Å². The summed E-state index contributed by atoms with van der Waals surface area (Å²) in [6.45, 7) is 1.85. The summed E-state index contributed by atoms with van der Waals surface area (Å²) in [5, 5.41) is 8.80. The Hall–Kier alpha value is -4.07. The van der Waals surface area contributed by atoms with Crippen molar-refractivity contribution in [3.8, 4) is 40.2 Å². The van der Waals surface area contributed by atoms with Gasteiger partial charge in [0.25, 0.3) is 0 Å². The molecule has 8 nitrogen and oxygen atoms in total. The quantitative estimate of drug-likeness (QED) is 0.430. The maximum Gasteiger partial charge on any atom is 0.338 e. The average Bonchev–Trinajstić information content (AvgIpc) is 3.43. The molecule has 2 aromatic carbocycles. The second-order valence-corrected chi connectivity index (χ2v) is 6.64. The first-order valence-electron chi connectivity index (χ1n) is 9.50. The molecule has 4 aromatic rings. The van der Waals surface area contributed by atoms with Crippen molar-refractivity contribution in [1.82, 2.24) is 14.8 Å². The normalized spacial score (nSPS) is 10.7. The van der Waals surface area contributed by atoms with Crippen LogP contribution in [0.2, 0.25) is 0 Å². The third-order valence-electron chi connectivity index (χ3n) is 4.82. The third kappa shape index (κ3) is 3.52. The summed E-state index contributed by atoms with van der Waals surface area (Å²) in [5.74, 6) is 2.69. The summed E-state index contributed by atoms with van der Waals surface area (Å²) >= 11 is 0.